The number of hydrogen-bond donors (Lipinski definition) is 1. The van der Waals surface area contributed by atoms with Crippen LogP contribution in [0.3, 0.4) is 0 Å². The normalized spacial score (nSPS) is 12.8. The number of aryl methyl sites for hydroxylation is 2. The minimum atomic E-state index is 0.400. The lowest BCUT2D eigenvalue weighted by atomic mass is 10.1. The van der Waals surface area contributed by atoms with Crippen molar-refractivity contribution < 1.29 is 0 Å². The molecule has 0 spiro atoms. The van der Waals surface area contributed by atoms with E-state index < -0.39 is 0 Å². The van der Waals surface area contributed by atoms with Crippen molar-refractivity contribution in [3.63, 3.8) is 0 Å². The first kappa shape index (κ1) is 15.5. The molecule has 2 rings (SSSR count). The van der Waals surface area contributed by atoms with Gasteiger partial charge in [0.2, 0.25) is 0 Å². The Morgan fingerprint density at radius 2 is 2.25 bits per heavy atom. The maximum absolute atomic E-state index is 6.36. The van der Waals surface area contributed by atoms with Crippen LogP contribution in [-0.4, -0.2) is 9.78 Å². The zero-order valence-corrected chi connectivity index (χ0v) is 13.9. The topological polar surface area (TPSA) is 29.9 Å². The number of nitrogens with zero attached hydrogens (tertiary/aromatic N) is 2. The van der Waals surface area contributed by atoms with Gasteiger partial charge >= 0.3 is 0 Å². The summed E-state index contributed by atoms with van der Waals surface area (Å²) in [7, 11) is 0. The summed E-state index contributed by atoms with van der Waals surface area (Å²) in [6.07, 6.45) is 2.30. The third-order valence-corrected chi connectivity index (χ3v) is 4.91. The van der Waals surface area contributed by atoms with Gasteiger partial charge in [0, 0.05) is 24.0 Å². The molecule has 0 saturated carbocycles. The molecule has 0 radical (unpaired) electrons. The smallest absolute Gasteiger partial charge is 0.0860 e. The third kappa shape index (κ3) is 3.43. The monoisotopic (exact) mass is 311 g/mol. The second-order valence-corrected chi connectivity index (χ2v) is 6.26. The van der Waals surface area contributed by atoms with E-state index >= 15 is 0 Å². The molecule has 3 nitrogen and oxygen atoms in total. The first-order valence-corrected chi connectivity index (χ1v) is 8.41. The second-order valence-electron chi connectivity index (χ2n) is 4.90. The summed E-state index contributed by atoms with van der Waals surface area (Å²) in [5.41, 5.74) is 2.00. The Labute approximate surface area is 130 Å². The quantitative estimate of drug-likeness (QED) is 0.812. The summed E-state index contributed by atoms with van der Waals surface area (Å²) in [4.78, 5) is 1.39. The zero-order chi connectivity index (χ0) is 14.5. The van der Waals surface area contributed by atoms with Gasteiger partial charge in [-0.2, -0.15) is 5.10 Å². The molecule has 2 aromatic rings. The summed E-state index contributed by atoms with van der Waals surface area (Å²) in [6, 6.07) is 4.70. The number of halogens is 1. The molecule has 0 aromatic carbocycles. The van der Waals surface area contributed by atoms with Crippen molar-refractivity contribution in [2.45, 2.75) is 52.7 Å². The Morgan fingerprint density at radius 1 is 1.45 bits per heavy atom. The summed E-state index contributed by atoms with van der Waals surface area (Å²) < 4.78 is 1.99. The van der Waals surface area contributed by atoms with Gasteiger partial charge in [0.25, 0.3) is 0 Å². The van der Waals surface area contributed by atoms with Crippen molar-refractivity contribution in [3.05, 3.63) is 38.8 Å². The van der Waals surface area contributed by atoms with E-state index in [4.69, 9.17) is 11.6 Å². The molecule has 0 aliphatic carbocycles. The van der Waals surface area contributed by atoms with Gasteiger partial charge in [-0.1, -0.05) is 31.0 Å². The molecule has 0 aliphatic rings. The largest absolute Gasteiger partial charge is 0.304 e. The number of rotatable bonds is 7. The first-order valence-electron chi connectivity index (χ1n) is 7.15. The van der Waals surface area contributed by atoms with Crippen LogP contribution in [0.15, 0.2) is 17.5 Å². The Bertz CT molecular complexity index is 534. The molecule has 110 valence electrons. The van der Waals surface area contributed by atoms with E-state index in [9.17, 15) is 0 Å². The van der Waals surface area contributed by atoms with Gasteiger partial charge in [-0.25, -0.2) is 0 Å². The van der Waals surface area contributed by atoms with Crippen LogP contribution in [-0.2, 0) is 13.1 Å². The van der Waals surface area contributed by atoms with Crippen molar-refractivity contribution >= 4 is 22.9 Å². The first-order chi connectivity index (χ1) is 9.67. The molecular weight excluding hydrogens is 290 g/mol. The van der Waals surface area contributed by atoms with Crippen LogP contribution in [0.2, 0.25) is 5.02 Å². The lowest BCUT2D eigenvalue weighted by Crippen LogP contribution is -2.22. The highest BCUT2D eigenvalue weighted by Crippen LogP contribution is 2.25. The predicted molar refractivity (Wildman–Crippen MR) is 86.5 cm³/mol. The van der Waals surface area contributed by atoms with Gasteiger partial charge in [-0.15, -0.1) is 11.3 Å². The van der Waals surface area contributed by atoms with Gasteiger partial charge in [0.05, 0.1) is 16.4 Å². The average Bonchev–Trinajstić information content (AvgIpc) is 3.06. The fraction of sp³-hybridized carbons (Fsp3) is 0.533. The molecule has 0 saturated heterocycles. The SMILES string of the molecule is CCCC(NCc1c(Cl)c(C)nn1CC)c1cccs1. The van der Waals surface area contributed by atoms with Crippen LogP contribution in [0.1, 0.15) is 49.0 Å². The molecule has 0 aliphatic heterocycles. The molecule has 1 N–H and O–H groups in total. The lowest BCUT2D eigenvalue weighted by Gasteiger charge is -2.17. The molecular formula is C15H22ClN3S. The predicted octanol–water partition coefficient (Wildman–Crippen LogP) is 4.56. The zero-order valence-electron chi connectivity index (χ0n) is 12.3. The minimum Gasteiger partial charge on any atom is -0.304 e. The highest BCUT2D eigenvalue weighted by atomic mass is 35.5. The maximum atomic E-state index is 6.36. The van der Waals surface area contributed by atoms with Crippen LogP contribution in [0, 0.1) is 6.92 Å². The Balaban J connectivity index is 2.10. The second kappa shape index (κ2) is 7.25. The molecule has 1 unspecified atom stereocenters. The Kier molecular flexibility index (Phi) is 5.64. The minimum absolute atomic E-state index is 0.400. The fourth-order valence-electron chi connectivity index (χ4n) is 2.38. The molecule has 20 heavy (non-hydrogen) atoms. The standard InChI is InChI=1S/C15H22ClN3S/c1-4-7-12(14-8-6-9-20-14)17-10-13-15(16)11(3)18-19(13)5-2/h6,8-9,12,17H,4-5,7,10H2,1-3H3. The van der Waals surface area contributed by atoms with Crippen LogP contribution < -0.4 is 5.32 Å². The molecule has 2 heterocycles. The van der Waals surface area contributed by atoms with E-state index in [2.05, 4.69) is 41.8 Å². The molecule has 0 bridgehead atoms. The summed E-state index contributed by atoms with van der Waals surface area (Å²) in [5, 5.41) is 11.0. The van der Waals surface area contributed by atoms with Gasteiger partial charge in [-0.3, -0.25) is 4.68 Å². The molecule has 0 fully saturated rings. The number of nitrogens with one attached hydrogen (secondary N) is 1. The van der Waals surface area contributed by atoms with Crippen LogP contribution >= 0.6 is 22.9 Å². The maximum Gasteiger partial charge on any atom is 0.0860 e. The lowest BCUT2D eigenvalue weighted by molar-refractivity contribution is 0.481. The number of hydrogen-bond acceptors (Lipinski definition) is 3. The highest BCUT2D eigenvalue weighted by Gasteiger charge is 2.16. The summed E-state index contributed by atoms with van der Waals surface area (Å²) in [5.74, 6) is 0. The number of thiophene rings is 1. The fourth-order valence-corrected chi connectivity index (χ4v) is 3.42. The van der Waals surface area contributed by atoms with Crippen molar-refractivity contribution in [1.82, 2.24) is 15.1 Å². The average molecular weight is 312 g/mol. The van der Waals surface area contributed by atoms with E-state index in [1.165, 1.54) is 4.88 Å². The van der Waals surface area contributed by atoms with E-state index in [-0.39, 0.29) is 0 Å². The van der Waals surface area contributed by atoms with Crippen LogP contribution in [0.25, 0.3) is 0 Å². The summed E-state index contributed by atoms with van der Waals surface area (Å²) in [6.45, 7) is 7.88. The van der Waals surface area contributed by atoms with Gasteiger partial charge in [0.15, 0.2) is 0 Å². The van der Waals surface area contributed by atoms with E-state index in [0.29, 0.717) is 6.04 Å². The van der Waals surface area contributed by atoms with Crippen molar-refractivity contribution in [2.24, 2.45) is 0 Å². The van der Waals surface area contributed by atoms with Gasteiger partial charge < -0.3 is 5.32 Å². The van der Waals surface area contributed by atoms with E-state index in [1.807, 2.05) is 22.9 Å². The van der Waals surface area contributed by atoms with Crippen molar-refractivity contribution in [1.29, 1.82) is 0 Å². The highest BCUT2D eigenvalue weighted by molar-refractivity contribution is 7.10. The Morgan fingerprint density at radius 3 is 2.85 bits per heavy atom. The summed E-state index contributed by atoms with van der Waals surface area (Å²) >= 11 is 8.16. The third-order valence-electron chi connectivity index (χ3n) is 3.43. The van der Waals surface area contributed by atoms with Gasteiger partial charge in [-0.05, 0) is 31.7 Å². The van der Waals surface area contributed by atoms with E-state index in [1.54, 1.807) is 0 Å². The van der Waals surface area contributed by atoms with Crippen molar-refractivity contribution in [3.8, 4) is 0 Å². The Hall–Kier alpha value is -0.840. The number of aromatic nitrogens is 2. The van der Waals surface area contributed by atoms with Crippen molar-refractivity contribution in [2.75, 3.05) is 0 Å². The molecule has 0 amide bonds. The molecule has 2 aromatic heterocycles. The molecule has 5 heteroatoms. The van der Waals surface area contributed by atoms with Crippen LogP contribution in [0.4, 0.5) is 0 Å². The van der Waals surface area contributed by atoms with Gasteiger partial charge in [0.1, 0.15) is 0 Å². The molecule has 1 atom stereocenters. The van der Waals surface area contributed by atoms with Crippen LogP contribution in [0.5, 0.6) is 0 Å². The van der Waals surface area contributed by atoms with E-state index in [0.717, 1.165) is 42.3 Å².